The first-order chi connectivity index (χ1) is 10.5. The number of anilines is 2. The number of hydrazone groups is 1. The van der Waals surface area contributed by atoms with Crippen molar-refractivity contribution in [3.8, 4) is 5.75 Å². The summed E-state index contributed by atoms with van der Waals surface area (Å²) in [5.74, 6) is 0.183. The Bertz CT molecular complexity index is 780. The molecule has 0 aromatic heterocycles. The molecule has 8 heteroatoms. The van der Waals surface area contributed by atoms with E-state index in [0.717, 1.165) is 0 Å². The van der Waals surface area contributed by atoms with E-state index in [-0.39, 0.29) is 24.1 Å². The zero-order valence-corrected chi connectivity index (χ0v) is 13.3. The third-order valence-electron chi connectivity index (χ3n) is 3.08. The molecule has 114 valence electrons. The summed E-state index contributed by atoms with van der Waals surface area (Å²) in [6.45, 7) is 0.175. The molecule has 0 bridgehead atoms. The van der Waals surface area contributed by atoms with Crippen molar-refractivity contribution in [1.29, 1.82) is 0 Å². The lowest BCUT2D eigenvalue weighted by Crippen LogP contribution is -2.12. The van der Waals surface area contributed by atoms with Crippen LogP contribution in [0.5, 0.6) is 5.75 Å². The maximum atomic E-state index is 9.96. The molecule has 5 nitrogen and oxygen atoms in total. The SMILES string of the molecule is Nc1cc(O)c(C2=NN(c3ccc(Cl)c(Cl)c3)CO2)cc1Cl. The fraction of sp³-hybridized carbons (Fsp3) is 0.0714. The number of hydrogen-bond donors (Lipinski definition) is 2. The maximum Gasteiger partial charge on any atom is 0.244 e. The lowest BCUT2D eigenvalue weighted by atomic mass is 10.2. The van der Waals surface area contributed by atoms with E-state index in [4.69, 9.17) is 45.3 Å². The van der Waals surface area contributed by atoms with Gasteiger partial charge in [0.25, 0.3) is 0 Å². The number of hydrogen-bond acceptors (Lipinski definition) is 5. The van der Waals surface area contributed by atoms with Gasteiger partial charge in [-0.1, -0.05) is 34.8 Å². The Hall–Kier alpha value is -1.82. The minimum atomic E-state index is -0.0587. The first kappa shape index (κ1) is 15.1. The van der Waals surface area contributed by atoms with Gasteiger partial charge in [0.05, 0.1) is 32.0 Å². The third kappa shape index (κ3) is 2.75. The molecule has 0 atom stereocenters. The zero-order chi connectivity index (χ0) is 15.9. The van der Waals surface area contributed by atoms with Crippen molar-refractivity contribution < 1.29 is 9.84 Å². The van der Waals surface area contributed by atoms with E-state index in [0.29, 0.717) is 26.3 Å². The van der Waals surface area contributed by atoms with Crippen LogP contribution < -0.4 is 10.7 Å². The van der Waals surface area contributed by atoms with Crippen molar-refractivity contribution in [3.63, 3.8) is 0 Å². The maximum absolute atomic E-state index is 9.96. The smallest absolute Gasteiger partial charge is 0.244 e. The van der Waals surface area contributed by atoms with Gasteiger partial charge in [-0.2, -0.15) is 0 Å². The highest BCUT2D eigenvalue weighted by molar-refractivity contribution is 6.42. The molecule has 3 N–H and O–H groups in total. The van der Waals surface area contributed by atoms with Crippen LogP contribution in [0.4, 0.5) is 11.4 Å². The average Bonchev–Trinajstić information content (AvgIpc) is 2.95. The lowest BCUT2D eigenvalue weighted by Gasteiger charge is -2.11. The van der Waals surface area contributed by atoms with Crippen molar-refractivity contribution in [2.75, 3.05) is 17.5 Å². The molecule has 1 aliphatic heterocycles. The molecule has 22 heavy (non-hydrogen) atoms. The predicted octanol–water partition coefficient (Wildman–Crippen LogP) is 4.09. The topological polar surface area (TPSA) is 71.1 Å². The molecule has 3 rings (SSSR count). The monoisotopic (exact) mass is 357 g/mol. The van der Waals surface area contributed by atoms with E-state index in [9.17, 15) is 5.11 Å². The summed E-state index contributed by atoms with van der Waals surface area (Å²) >= 11 is 17.8. The van der Waals surface area contributed by atoms with Gasteiger partial charge in [0.15, 0.2) is 6.73 Å². The van der Waals surface area contributed by atoms with Crippen molar-refractivity contribution in [2.24, 2.45) is 5.10 Å². The van der Waals surface area contributed by atoms with Gasteiger partial charge >= 0.3 is 0 Å². The molecule has 0 amide bonds. The first-order valence-electron chi connectivity index (χ1n) is 6.18. The predicted molar refractivity (Wildman–Crippen MR) is 89.0 cm³/mol. The number of rotatable bonds is 2. The fourth-order valence-electron chi connectivity index (χ4n) is 1.95. The minimum Gasteiger partial charge on any atom is -0.507 e. The van der Waals surface area contributed by atoms with E-state index < -0.39 is 0 Å². The Kier molecular flexibility index (Phi) is 3.95. The number of ether oxygens (including phenoxy) is 1. The number of aromatic hydroxyl groups is 1. The van der Waals surface area contributed by atoms with Gasteiger partial charge in [0.2, 0.25) is 5.90 Å². The van der Waals surface area contributed by atoms with Gasteiger partial charge in [-0.25, -0.2) is 5.01 Å². The molecule has 2 aromatic carbocycles. The Labute approximate surface area is 141 Å². The van der Waals surface area contributed by atoms with Gasteiger partial charge in [-0.05, 0) is 24.3 Å². The number of nitrogens with zero attached hydrogens (tertiary/aromatic N) is 2. The molecule has 0 spiro atoms. The number of phenols is 1. The second-order valence-electron chi connectivity index (χ2n) is 4.57. The molecule has 2 aromatic rings. The van der Waals surface area contributed by atoms with E-state index in [1.54, 1.807) is 23.2 Å². The molecule has 1 aliphatic rings. The highest BCUT2D eigenvalue weighted by Gasteiger charge is 2.22. The highest BCUT2D eigenvalue weighted by Crippen LogP contribution is 2.32. The molecule has 0 unspecified atom stereocenters. The summed E-state index contributed by atoms with van der Waals surface area (Å²) in [6.07, 6.45) is 0. The molecular formula is C14H10Cl3N3O2. The number of benzene rings is 2. The van der Waals surface area contributed by atoms with E-state index >= 15 is 0 Å². The number of nitrogens with two attached hydrogens (primary N) is 1. The highest BCUT2D eigenvalue weighted by atomic mass is 35.5. The molecule has 0 aliphatic carbocycles. The number of halogens is 3. The Morgan fingerprint density at radius 3 is 2.59 bits per heavy atom. The summed E-state index contributed by atoms with van der Waals surface area (Å²) in [7, 11) is 0. The number of nitrogen functional groups attached to an aromatic ring is 1. The van der Waals surface area contributed by atoms with Crippen molar-refractivity contribution in [2.45, 2.75) is 0 Å². The van der Waals surface area contributed by atoms with Crippen molar-refractivity contribution in [1.82, 2.24) is 0 Å². The van der Waals surface area contributed by atoms with Crippen LogP contribution in [0.1, 0.15) is 5.56 Å². The second kappa shape index (κ2) is 5.76. The Balaban J connectivity index is 1.94. The molecule has 0 fully saturated rings. The lowest BCUT2D eigenvalue weighted by molar-refractivity contribution is 0.336. The fourth-order valence-corrected chi connectivity index (χ4v) is 2.40. The zero-order valence-electron chi connectivity index (χ0n) is 11.1. The minimum absolute atomic E-state index is 0.0587. The van der Waals surface area contributed by atoms with Crippen LogP contribution >= 0.6 is 34.8 Å². The average molecular weight is 359 g/mol. The summed E-state index contributed by atoms with van der Waals surface area (Å²) in [5.41, 5.74) is 6.98. The summed E-state index contributed by atoms with van der Waals surface area (Å²) in [6, 6.07) is 7.97. The van der Waals surface area contributed by atoms with Gasteiger partial charge in [0.1, 0.15) is 5.75 Å². The number of phenolic OH excluding ortho intramolecular Hbond substituents is 1. The van der Waals surface area contributed by atoms with Gasteiger partial charge in [0, 0.05) is 6.07 Å². The largest absolute Gasteiger partial charge is 0.507 e. The van der Waals surface area contributed by atoms with Crippen molar-refractivity contribution in [3.05, 3.63) is 51.0 Å². The Morgan fingerprint density at radius 1 is 1.09 bits per heavy atom. The van der Waals surface area contributed by atoms with Gasteiger partial charge < -0.3 is 15.6 Å². The molecule has 0 radical (unpaired) electrons. The Morgan fingerprint density at radius 2 is 1.86 bits per heavy atom. The van der Waals surface area contributed by atoms with E-state index in [1.807, 2.05) is 0 Å². The second-order valence-corrected chi connectivity index (χ2v) is 5.79. The molecule has 1 heterocycles. The summed E-state index contributed by atoms with van der Waals surface area (Å²) in [4.78, 5) is 0. The van der Waals surface area contributed by atoms with Crippen LogP contribution in [-0.2, 0) is 4.74 Å². The first-order valence-corrected chi connectivity index (χ1v) is 7.31. The standard InChI is InChI=1S/C14H10Cl3N3O2/c15-9-2-1-7(3-10(9)16)20-6-22-14(19-20)8-4-11(17)12(18)5-13(8)21/h1-5,21H,6,18H2. The van der Waals surface area contributed by atoms with Crippen LogP contribution in [0.3, 0.4) is 0 Å². The van der Waals surface area contributed by atoms with Crippen molar-refractivity contribution >= 4 is 52.1 Å². The quantitative estimate of drug-likeness (QED) is 0.793. The third-order valence-corrected chi connectivity index (χ3v) is 4.15. The van der Waals surface area contributed by atoms with E-state index in [2.05, 4.69) is 5.10 Å². The molecule has 0 saturated carbocycles. The molecule has 0 saturated heterocycles. The van der Waals surface area contributed by atoms with Crippen LogP contribution in [-0.4, -0.2) is 17.7 Å². The summed E-state index contributed by atoms with van der Waals surface area (Å²) < 4.78 is 5.49. The van der Waals surface area contributed by atoms with Crippen LogP contribution in [0, 0.1) is 0 Å². The van der Waals surface area contributed by atoms with Crippen LogP contribution in [0.25, 0.3) is 0 Å². The van der Waals surface area contributed by atoms with Gasteiger partial charge in [-0.3, -0.25) is 0 Å². The van der Waals surface area contributed by atoms with Gasteiger partial charge in [-0.15, -0.1) is 5.10 Å². The van der Waals surface area contributed by atoms with Crippen LogP contribution in [0.15, 0.2) is 35.4 Å². The molecular weight excluding hydrogens is 349 g/mol. The van der Waals surface area contributed by atoms with E-state index in [1.165, 1.54) is 12.1 Å². The normalized spacial score (nSPS) is 14.0. The van der Waals surface area contributed by atoms with Crippen LogP contribution in [0.2, 0.25) is 15.1 Å². The summed E-state index contributed by atoms with van der Waals surface area (Å²) in [5, 5.41) is 17.0.